The molecule has 2 rings (SSSR count). The molecule has 2 heteroatoms. The Morgan fingerprint density at radius 3 is 2.55 bits per heavy atom. The average molecular weight is 294 g/mol. The second kappa shape index (κ2) is 7.51. The summed E-state index contributed by atoms with van der Waals surface area (Å²) in [4.78, 5) is 0. The van der Waals surface area contributed by atoms with E-state index in [4.69, 9.17) is 4.74 Å². The Balaban J connectivity index is 2.16. The fraction of sp³-hybridized carbons (Fsp3) is 0.200. The van der Waals surface area contributed by atoms with Crippen LogP contribution in [0, 0.1) is 6.92 Å². The van der Waals surface area contributed by atoms with Crippen molar-refractivity contribution in [3.8, 4) is 11.5 Å². The van der Waals surface area contributed by atoms with Gasteiger partial charge in [-0.15, -0.1) is 0 Å². The van der Waals surface area contributed by atoms with Gasteiger partial charge in [-0.25, -0.2) is 0 Å². The van der Waals surface area contributed by atoms with Crippen molar-refractivity contribution in [2.75, 3.05) is 0 Å². The molecule has 0 aromatic heterocycles. The van der Waals surface area contributed by atoms with Gasteiger partial charge in [-0.2, -0.15) is 0 Å². The zero-order valence-corrected chi connectivity index (χ0v) is 13.3. The molecule has 0 aliphatic carbocycles. The molecule has 22 heavy (non-hydrogen) atoms. The topological polar surface area (TPSA) is 29.5 Å². The van der Waals surface area contributed by atoms with Crippen LogP contribution in [0.2, 0.25) is 0 Å². The molecule has 0 saturated carbocycles. The molecule has 0 atom stereocenters. The summed E-state index contributed by atoms with van der Waals surface area (Å²) < 4.78 is 5.80. The third-order valence-electron chi connectivity index (χ3n) is 3.64. The molecule has 2 nitrogen and oxygen atoms in total. The summed E-state index contributed by atoms with van der Waals surface area (Å²) in [6, 6.07) is 13.1. The third-order valence-corrected chi connectivity index (χ3v) is 3.64. The molecule has 2 aromatic carbocycles. The maximum atomic E-state index is 9.29. The largest absolute Gasteiger partial charge is 0.508 e. The molecule has 0 unspecified atom stereocenters. The van der Waals surface area contributed by atoms with E-state index in [2.05, 4.69) is 38.1 Å². The molecular formula is C20H22O2. The Morgan fingerprint density at radius 2 is 1.86 bits per heavy atom. The molecule has 0 amide bonds. The van der Waals surface area contributed by atoms with Gasteiger partial charge in [0.2, 0.25) is 0 Å². The first-order chi connectivity index (χ1) is 10.6. The van der Waals surface area contributed by atoms with Crippen molar-refractivity contribution in [1.82, 2.24) is 0 Å². The molecule has 2 aromatic rings. The number of hydrogen-bond acceptors (Lipinski definition) is 2. The number of allylic oxidation sites excluding steroid dienone is 4. The predicted molar refractivity (Wildman–Crippen MR) is 92.1 cm³/mol. The zero-order chi connectivity index (χ0) is 15.9. The molecule has 0 fully saturated rings. The summed E-state index contributed by atoms with van der Waals surface area (Å²) >= 11 is 0. The highest BCUT2D eigenvalue weighted by molar-refractivity contribution is 5.68. The van der Waals surface area contributed by atoms with Gasteiger partial charge in [0.05, 0.1) is 0 Å². The molecule has 0 aliphatic rings. The second-order valence-corrected chi connectivity index (χ2v) is 5.25. The lowest BCUT2D eigenvalue weighted by Crippen LogP contribution is -2.00. The maximum Gasteiger partial charge on any atom is 0.120 e. The van der Waals surface area contributed by atoms with Gasteiger partial charge < -0.3 is 9.84 Å². The smallest absolute Gasteiger partial charge is 0.120 e. The van der Waals surface area contributed by atoms with Crippen LogP contribution in [0.3, 0.4) is 0 Å². The quantitative estimate of drug-likeness (QED) is 0.762. The number of rotatable bonds is 5. The Morgan fingerprint density at radius 1 is 1.14 bits per heavy atom. The Bertz CT molecular complexity index is 679. The SMILES string of the molecule is C/C=C\C=C(/C)c1cccc(COc2ccc(O)cc2)c1C. The summed E-state index contributed by atoms with van der Waals surface area (Å²) in [5, 5.41) is 9.29. The van der Waals surface area contributed by atoms with Crippen LogP contribution in [0.25, 0.3) is 5.57 Å². The van der Waals surface area contributed by atoms with E-state index in [1.807, 2.05) is 19.1 Å². The van der Waals surface area contributed by atoms with Gasteiger partial charge in [0.25, 0.3) is 0 Å². The van der Waals surface area contributed by atoms with Crippen LogP contribution in [-0.2, 0) is 6.61 Å². The summed E-state index contributed by atoms with van der Waals surface area (Å²) in [5.41, 5.74) is 4.88. The molecule has 0 radical (unpaired) electrons. The van der Waals surface area contributed by atoms with Crippen LogP contribution in [0.1, 0.15) is 30.5 Å². The van der Waals surface area contributed by atoms with E-state index in [0.717, 1.165) is 5.75 Å². The minimum absolute atomic E-state index is 0.246. The monoisotopic (exact) mass is 294 g/mol. The third kappa shape index (κ3) is 4.01. The number of benzene rings is 2. The van der Waals surface area contributed by atoms with E-state index < -0.39 is 0 Å². The van der Waals surface area contributed by atoms with E-state index >= 15 is 0 Å². The van der Waals surface area contributed by atoms with Crippen LogP contribution in [0.15, 0.2) is 60.7 Å². The fourth-order valence-electron chi connectivity index (χ4n) is 2.30. The van der Waals surface area contributed by atoms with Gasteiger partial charge in [-0.3, -0.25) is 0 Å². The molecule has 1 N–H and O–H groups in total. The minimum atomic E-state index is 0.246. The predicted octanol–water partition coefficient (Wildman–Crippen LogP) is 5.26. The zero-order valence-electron chi connectivity index (χ0n) is 13.3. The van der Waals surface area contributed by atoms with E-state index in [9.17, 15) is 5.11 Å². The summed E-state index contributed by atoms with van der Waals surface area (Å²) in [6.07, 6.45) is 6.19. The fourth-order valence-corrected chi connectivity index (χ4v) is 2.30. The van der Waals surface area contributed by atoms with Gasteiger partial charge in [0.15, 0.2) is 0 Å². The van der Waals surface area contributed by atoms with Crippen molar-refractivity contribution in [2.24, 2.45) is 0 Å². The highest BCUT2D eigenvalue weighted by atomic mass is 16.5. The first-order valence-electron chi connectivity index (χ1n) is 7.42. The molecule has 0 spiro atoms. The lowest BCUT2D eigenvalue weighted by atomic mass is 9.97. The number of ether oxygens (including phenoxy) is 1. The van der Waals surface area contributed by atoms with Gasteiger partial charge in [-0.1, -0.05) is 36.4 Å². The van der Waals surface area contributed by atoms with E-state index in [1.54, 1.807) is 24.3 Å². The number of hydrogen-bond donors (Lipinski definition) is 1. The van der Waals surface area contributed by atoms with Crippen molar-refractivity contribution < 1.29 is 9.84 Å². The minimum Gasteiger partial charge on any atom is -0.508 e. The highest BCUT2D eigenvalue weighted by Crippen LogP contribution is 2.23. The van der Waals surface area contributed by atoms with Crippen molar-refractivity contribution in [2.45, 2.75) is 27.4 Å². The molecular weight excluding hydrogens is 272 g/mol. The molecule has 0 heterocycles. The Kier molecular flexibility index (Phi) is 5.42. The average Bonchev–Trinajstić information content (AvgIpc) is 2.53. The standard InChI is InChI=1S/C20H22O2/c1-4-5-7-15(2)20-9-6-8-17(16(20)3)14-22-19-12-10-18(21)11-13-19/h4-13,21H,14H2,1-3H3/b5-4-,15-7+. The normalized spacial score (nSPS) is 11.9. The van der Waals surface area contributed by atoms with Gasteiger partial charge >= 0.3 is 0 Å². The van der Waals surface area contributed by atoms with Crippen molar-refractivity contribution in [3.63, 3.8) is 0 Å². The molecule has 0 aliphatic heterocycles. The number of phenolic OH excluding ortho intramolecular Hbond substituents is 1. The number of aromatic hydroxyl groups is 1. The Hall–Kier alpha value is -2.48. The van der Waals surface area contributed by atoms with E-state index in [-0.39, 0.29) is 5.75 Å². The molecule has 114 valence electrons. The van der Waals surface area contributed by atoms with Gasteiger partial charge in [0.1, 0.15) is 18.1 Å². The highest BCUT2D eigenvalue weighted by Gasteiger charge is 2.06. The first-order valence-corrected chi connectivity index (χ1v) is 7.42. The maximum absolute atomic E-state index is 9.29. The summed E-state index contributed by atoms with van der Waals surface area (Å²) in [7, 11) is 0. The van der Waals surface area contributed by atoms with Crippen molar-refractivity contribution in [1.29, 1.82) is 0 Å². The van der Waals surface area contributed by atoms with Gasteiger partial charge in [-0.05, 0) is 67.3 Å². The summed E-state index contributed by atoms with van der Waals surface area (Å²) in [5.74, 6) is 0.999. The molecule has 0 bridgehead atoms. The van der Waals surface area contributed by atoms with Gasteiger partial charge in [0, 0.05) is 0 Å². The van der Waals surface area contributed by atoms with Crippen molar-refractivity contribution in [3.05, 3.63) is 77.4 Å². The van der Waals surface area contributed by atoms with Crippen LogP contribution < -0.4 is 4.74 Å². The lowest BCUT2D eigenvalue weighted by Gasteiger charge is -2.13. The van der Waals surface area contributed by atoms with Crippen LogP contribution in [-0.4, -0.2) is 5.11 Å². The van der Waals surface area contributed by atoms with Crippen LogP contribution in [0.5, 0.6) is 11.5 Å². The molecule has 0 saturated heterocycles. The second-order valence-electron chi connectivity index (χ2n) is 5.25. The van der Waals surface area contributed by atoms with Crippen LogP contribution in [0.4, 0.5) is 0 Å². The van der Waals surface area contributed by atoms with Crippen LogP contribution >= 0.6 is 0 Å². The van der Waals surface area contributed by atoms with E-state index in [0.29, 0.717) is 6.61 Å². The lowest BCUT2D eigenvalue weighted by molar-refractivity contribution is 0.305. The summed E-state index contributed by atoms with van der Waals surface area (Å²) in [6.45, 7) is 6.77. The van der Waals surface area contributed by atoms with E-state index in [1.165, 1.54) is 22.3 Å². The first kappa shape index (κ1) is 15.9. The van der Waals surface area contributed by atoms with Crippen molar-refractivity contribution >= 4 is 5.57 Å². The number of phenols is 1. The Labute approximate surface area is 132 Å².